The van der Waals surface area contributed by atoms with E-state index in [1.165, 1.54) is 0 Å². The molecule has 0 aliphatic rings. The van der Waals surface area contributed by atoms with E-state index in [4.69, 9.17) is 11.6 Å². The predicted molar refractivity (Wildman–Crippen MR) is 60.1 cm³/mol. The van der Waals surface area contributed by atoms with Crippen LogP contribution in [-0.2, 0) is 13.1 Å². The summed E-state index contributed by atoms with van der Waals surface area (Å²) in [5.41, 5.74) is 0. The molecular weight excluding hydrogens is 228 g/mol. The molecule has 0 amide bonds. The van der Waals surface area contributed by atoms with Crippen LogP contribution in [0, 0.1) is 0 Å². The van der Waals surface area contributed by atoms with Crippen LogP contribution >= 0.6 is 11.6 Å². The molecule has 0 atom stereocenters. The first kappa shape index (κ1) is 10.8. The first-order valence-electron chi connectivity index (χ1n) is 4.88. The van der Waals surface area contributed by atoms with Gasteiger partial charge in [-0.1, -0.05) is 0 Å². The van der Waals surface area contributed by atoms with E-state index in [9.17, 15) is 0 Å². The van der Waals surface area contributed by atoms with Crippen molar-refractivity contribution in [2.75, 3.05) is 5.32 Å². The van der Waals surface area contributed by atoms with Gasteiger partial charge in [0.05, 0.1) is 6.54 Å². The molecule has 2 aromatic heterocycles. The number of rotatable bonds is 4. The van der Waals surface area contributed by atoms with Crippen molar-refractivity contribution < 1.29 is 0 Å². The lowest BCUT2D eigenvalue weighted by molar-refractivity contribution is 0.707. The fourth-order valence-electron chi connectivity index (χ4n) is 1.28. The second-order valence-corrected chi connectivity index (χ2v) is 3.44. The number of nitrogens with zero attached hydrogens (tertiary/aromatic N) is 5. The normalized spacial score (nSPS) is 10.4. The third kappa shape index (κ3) is 2.46. The predicted octanol–water partition coefficient (Wildman–Crippen LogP) is 1.35. The lowest BCUT2D eigenvalue weighted by Crippen LogP contribution is -2.08. The molecule has 2 rings (SSSR count). The van der Waals surface area contributed by atoms with Crippen LogP contribution in [0.4, 0.5) is 5.82 Å². The van der Waals surface area contributed by atoms with Crippen molar-refractivity contribution >= 4 is 17.4 Å². The summed E-state index contributed by atoms with van der Waals surface area (Å²) in [6, 6.07) is 1.75. The van der Waals surface area contributed by atoms with Gasteiger partial charge < -0.3 is 9.88 Å². The largest absolute Gasteiger partial charge is 0.363 e. The molecule has 0 unspecified atom stereocenters. The van der Waals surface area contributed by atoms with E-state index in [0.29, 0.717) is 12.4 Å². The highest BCUT2D eigenvalue weighted by molar-refractivity contribution is 6.28. The van der Waals surface area contributed by atoms with Crippen LogP contribution in [0.1, 0.15) is 12.7 Å². The Balaban J connectivity index is 2.02. The smallest absolute Gasteiger partial charge is 0.224 e. The zero-order valence-electron chi connectivity index (χ0n) is 8.76. The molecule has 0 aliphatic carbocycles. The molecule has 0 fully saturated rings. The van der Waals surface area contributed by atoms with Crippen LogP contribution in [0.5, 0.6) is 0 Å². The maximum atomic E-state index is 5.67. The fourth-order valence-corrected chi connectivity index (χ4v) is 1.43. The number of aromatic nitrogens is 5. The Morgan fingerprint density at radius 3 is 3.12 bits per heavy atom. The van der Waals surface area contributed by atoms with E-state index in [-0.39, 0.29) is 5.28 Å². The molecule has 2 heterocycles. The van der Waals surface area contributed by atoms with Gasteiger partial charge in [-0.05, 0) is 24.6 Å². The van der Waals surface area contributed by atoms with Crippen molar-refractivity contribution in [1.29, 1.82) is 0 Å². The van der Waals surface area contributed by atoms with Gasteiger partial charge in [0.15, 0.2) is 5.82 Å². The summed E-state index contributed by atoms with van der Waals surface area (Å²) in [4.78, 5) is 7.81. The Labute approximate surface area is 97.7 Å². The summed E-state index contributed by atoms with van der Waals surface area (Å²) in [5, 5.41) is 11.2. The van der Waals surface area contributed by atoms with E-state index >= 15 is 0 Å². The Kier molecular flexibility index (Phi) is 3.31. The second-order valence-electron chi connectivity index (χ2n) is 3.10. The maximum absolute atomic E-state index is 5.67. The van der Waals surface area contributed by atoms with Crippen molar-refractivity contribution in [3.8, 4) is 0 Å². The van der Waals surface area contributed by atoms with Crippen LogP contribution in [0.2, 0.25) is 5.28 Å². The van der Waals surface area contributed by atoms with Gasteiger partial charge in [-0.25, -0.2) is 9.97 Å². The van der Waals surface area contributed by atoms with Gasteiger partial charge in [0, 0.05) is 12.7 Å². The van der Waals surface area contributed by atoms with Crippen LogP contribution in [0.25, 0.3) is 0 Å². The molecule has 0 radical (unpaired) electrons. The minimum atomic E-state index is 0.224. The van der Waals surface area contributed by atoms with Crippen molar-refractivity contribution in [1.82, 2.24) is 24.7 Å². The lowest BCUT2D eigenvalue weighted by atomic mass is 10.5. The molecule has 2 aromatic rings. The summed E-state index contributed by atoms with van der Waals surface area (Å²) in [7, 11) is 0. The van der Waals surface area contributed by atoms with Gasteiger partial charge in [0.2, 0.25) is 5.28 Å². The van der Waals surface area contributed by atoms with E-state index in [1.54, 1.807) is 18.6 Å². The van der Waals surface area contributed by atoms with Crippen LogP contribution in [-0.4, -0.2) is 24.7 Å². The molecule has 0 aromatic carbocycles. The minimum Gasteiger partial charge on any atom is -0.363 e. The Morgan fingerprint density at radius 2 is 2.38 bits per heavy atom. The summed E-state index contributed by atoms with van der Waals surface area (Å²) in [6.07, 6.45) is 3.30. The molecule has 16 heavy (non-hydrogen) atoms. The summed E-state index contributed by atoms with van der Waals surface area (Å²) < 4.78 is 1.95. The summed E-state index contributed by atoms with van der Waals surface area (Å²) >= 11 is 5.67. The molecule has 84 valence electrons. The molecule has 1 N–H and O–H groups in total. The second kappa shape index (κ2) is 4.89. The zero-order valence-corrected chi connectivity index (χ0v) is 9.52. The van der Waals surface area contributed by atoms with Gasteiger partial charge in [-0.3, -0.25) is 0 Å². The van der Waals surface area contributed by atoms with E-state index in [1.807, 2.05) is 11.5 Å². The number of hydrogen-bond donors (Lipinski definition) is 1. The van der Waals surface area contributed by atoms with Gasteiger partial charge in [0.25, 0.3) is 0 Å². The molecular formula is C9H11ClN6. The van der Waals surface area contributed by atoms with Crippen LogP contribution < -0.4 is 5.32 Å². The Bertz CT molecular complexity index is 469. The van der Waals surface area contributed by atoms with E-state index in [2.05, 4.69) is 25.5 Å². The number of halogens is 1. The summed E-state index contributed by atoms with van der Waals surface area (Å²) in [6.45, 7) is 3.43. The van der Waals surface area contributed by atoms with Crippen molar-refractivity contribution in [2.45, 2.75) is 20.0 Å². The quantitative estimate of drug-likeness (QED) is 0.815. The highest BCUT2D eigenvalue weighted by Gasteiger charge is 2.02. The average Bonchev–Trinajstić information content (AvgIpc) is 2.74. The summed E-state index contributed by atoms with van der Waals surface area (Å²) in [5.74, 6) is 1.53. The standard InChI is InChI=1S/C9H11ClN6/c1-2-16-6-13-15-8(16)5-12-7-3-4-11-9(10)14-7/h3-4,6H,2,5H2,1H3,(H,11,12,14). The molecule has 6 nitrogen and oxygen atoms in total. The topological polar surface area (TPSA) is 68.5 Å². The third-order valence-corrected chi connectivity index (χ3v) is 2.27. The highest BCUT2D eigenvalue weighted by atomic mass is 35.5. The van der Waals surface area contributed by atoms with Gasteiger partial charge >= 0.3 is 0 Å². The minimum absolute atomic E-state index is 0.224. The lowest BCUT2D eigenvalue weighted by Gasteiger charge is -2.05. The van der Waals surface area contributed by atoms with Crippen LogP contribution in [0.15, 0.2) is 18.6 Å². The number of nitrogens with one attached hydrogen (secondary N) is 1. The molecule has 7 heteroatoms. The fraction of sp³-hybridized carbons (Fsp3) is 0.333. The Hall–Kier alpha value is -1.69. The molecule has 0 saturated heterocycles. The first-order chi connectivity index (χ1) is 7.79. The van der Waals surface area contributed by atoms with Gasteiger partial charge in [-0.2, -0.15) is 0 Å². The number of aryl methyl sites for hydroxylation is 1. The zero-order chi connectivity index (χ0) is 11.4. The third-order valence-electron chi connectivity index (χ3n) is 2.09. The maximum Gasteiger partial charge on any atom is 0.224 e. The number of anilines is 1. The average molecular weight is 239 g/mol. The van der Waals surface area contributed by atoms with E-state index in [0.717, 1.165) is 12.4 Å². The number of hydrogen-bond acceptors (Lipinski definition) is 5. The SMILES string of the molecule is CCn1cnnc1CNc1ccnc(Cl)n1. The molecule has 0 aliphatic heterocycles. The van der Waals surface area contributed by atoms with Gasteiger partial charge in [0.1, 0.15) is 12.1 Å². The van der Waals surface area contributed by atoms with Crippen molar-refractivity contribution in [3.05, 3.63) is 29.7 Å². The molecule has 0 saturated carbocycles. The monoisotopic (exact) mass is 238 g/mol. The van der Waals surface area contributed by atoms with Crippen molar-refractivity contribution in [2.24, 2.45) is 0 Å². The van der Waals surface area contributed by atoms with E-state index < -0.39 is 0 Å². The van der Waals surface area contributed by atoms with Crippen LogP contribution in [0.3, 0.4) is 0 Å². The molecule has 0 spiro atoms. The van der Waals surface area contributed by atoms with Crippen molar-refractivity contribution in [3.63, 3.8) is 0 Å². The van der Waals surface area contributed by atoms with Gasteiger partial charge in [-0.15, -0.1) is 10.2 Å². The highest BCUT2D eigenvalue weighted by Crippen LogP contribution is 2.07. The Morgan fingerprint density at radius 1 is 1.50 bits per heavy atom. The first-order valence-corrected chi connectivity index (χ1v) is 5.26. The molecule has 0 bridgehead atoms.